The van der Waals surface area contributed by atoms with Crippen molar-refractivity contribution in [2.75, 3.05) is 43.4 Å². The molecular formula is C22H27N3O. The Balaban J connectivity index is 1.61. The third-order valence-electron chi connectivity index (χ3n) is 4.88. The Bertz CT molecular complexity index is 744. The van der Waals surface area contributed by atoms with Crippen molar-refractivity contribution >= 4 is 17.3 Å². The molecule has 0 saturated carbocycles. The second-order valence-electron chi connectivity index (χ2n) is 6.84. The molecule has 2 aromatic carbocycles. The first kappa shape index (κ1) is 18.1. The van der Waals surface area contributed by atoms with E-state index in [1.54, 1.807) is 6.08 Å². The topological polar surface area (TPSA) is 35.6 Å². The molecule has 0 aliphatic carbocycles. The summed E-state index contributed by atoms with van der Waals surface area (Å²) in [5.74, 6) is 0.563. The fourth-order valence-corrected chi connectivity index (χ4v) is 3.54. The largest absolute Gasteiger partial charge is 0.381 e. The number of anilines is 2. The molecule has 1 atom stereocenters. The molecule has 0 bridgehead atoms. The summed E-state index contributed by atoms with van der Waals surface area (Å²) >= 11 is 0. The molecule has 3 rings (SSSR count). The van der Waals surface area contributed by atoms with Crippen molar-refractivity contribution in [1.29, 1.82) is 0 Å². The maximum Gasteiger partial charge on any atom is 0.255 e. The van der Waals surface area contributed by atoms with Crippen molar-refractivity contribution in [3.8, 4) is 0 Å². The SMILES string of the molecule is C=CCNc1ccccc1C(=O)N(C)CC1CCN(c2ccccc2)C1. The molecule has 26 heavy (non-hydrogen) atoms. The molecule has 0 spiro atoms. The Morgan fingerprint density at radius 2 is 1.96 bits per heavy atom. The fraction of sp³-hybridized carbons (Fsp3) is 0.318. The van der Waals surface area contributed by atoms with Crippen LogP contribution in [-0.2, 0) is 0 Å². The lowest BCUT2D eigenvalue weighted by Crippen LogP contribution is -2.33. The molecule has 1 fully saturated rings. The summed E-state index contributed by atoms with van der Waals surface area (Å²) in [6.07, 6.45) is 2.91. The highest BCUT2D eigenvalue weighted by molar-refractivity contribution is 5.99. The maximum absolute atomic E-state index is 12.9. The van der Waals surface area contributed by atoms with Crippen LogP contribution in [0.1, 0.15) is 16.8 Å². The minimum absolute atomic E-state index is 0.0651. The Morgan fingerprint density at radius 3 is 2.73 bits per heavy atom. The van der Waals surface area contributed by atoms with E-state index in [0.29, 0.717) is 12.5 Å². The number of carbonyl (C=O) groups excluding carboxylic acids is 1. The van der Waals surface area contributed by atoms with E-state index in [0.717, 1.165) is 37.3 Å². The van der Waals surface area contributed by atoms with E-state index in [-0.39, 0.29) is 5.91 Å². The highest BCUT2D eigenvalue weighted by Crippen LogP contribution is 2.25. The number of hydrogen-bond donors (Lipinski definition) is 1. The lowest BCUT2D eigenvalue weighted by Gasteiger charge is -2.23. The number of nitrogens with one attached hydrogen (secondary N) is 1. The molecular weight excluding hydrogens is 322 g/mol. The molecule has 0 aromatic heterocycles. The van der Waals surface area contributed by atoms with Gasteiger partial charge in [0.15, 0.2) is 0 Å². The Kier molecular flexibility index (Phi) is 5.95. The van der Waals surface area contributed by atoms with Gasteiger partial charge in [0.2, 0.25) is 0 Å². The lowest BCUT2D eigenvalue weighted by molar-refractivity contribution is 0.0777. The van der Waals surface area contributed by atoms with Gasteiger partial charge in [-0.3, -0.25) is 4.79 Å². The summed E-state index contributed by atoms with van der Waals surface area (Å²) in [7, 11) is 1.90. The Morgan fingerprint density at radius 1 is 1.23 bits per heavy atom. The van der Waals surface area contributed by atoms with Crippen LogP contribution in [0.25, 0.3) is 0 Å². The molecule has 1 saturated heterocycles. The Hall–Kier alpha value is -2.75. The summed E-state index contributed by atoms with van der Waals surface area (Å²) in [6, 6.07) is 18.2. The fourth-order valence-electron chi connectivity index (χ4n) is 3.54. The quantitative estimate of drug-likeness (QED) is 0.771. The van der Waals surface area contributed by atoms with Crippen LogP contribution in [-0.4, -0.2) is 44.0 Å². The number of hydrogen-bond acceptors (Lipinski definition) is 3. The van der Waals surface area contributed by atoms with E-state index < -0.39 is 0 Å². The molecule has 1 aliphatic heterocycles. The van der Waals surface area contributed by atoms with Crippen LogP contribution >= 0.6 is 0 Å². The van der Waals surface area contributed by atoms with Crippen LogP contribution in [0.3, 0.4) is 0 Å². The van der Waals surface area contributed by atoms with Gasteiger partial charge in [0.25, 0.3) is 5.91 Å². The molecule has 4 heteroatoms. The van der Waals surface area contributed by atoms with Crippen molar-refractivity contribution in [2.45, 2.75) is 6.42 Å². The van der Waals surface area contributed by atoms with E-state index in [2.05, 4.69) is 41.1 Å². The monoisotopic (exact) mass is 349 g/mol. The second-order valence-corrected chi connectivity index (χ2v) is 6.84. The third-order valence-corrected chi connectivity index (χ3v) is 4.88. The summed E-state index contributed by atoms with van der Waals surface area (Å²) in [6.45, 7) is 7.19. The zero-order chi connectivity index (χ0) is 18.4. The highest BCUT2D eigenvalue weighted by atomic mass is 16.2. The van der Waals surface area contributed by atoms with Crippen LogP contribution in [0.2, 0.25) is 0 Å². The van der Waals surface area contributed by atoms with Gasteiger partial charge in [-0.15, -0.1) is 6.58 Å². The van der Waals surface area contributed by atoms with Crippen LogP contribution in [0, 0.1) is 5.92 Å². The van der Waals surface area contributed by atoms with Gasteiger partial charge in [-0.2, -0.15) is 0 Å². The number of para-hydroxylation sites is 2. The van der Waals surface area contributed by atoms with Gasteiger partial charge in [-0.25, -0.2) is 0 Å². The number of rotatable bonds is 7. The first-order valence-electron chi connectivity index (χ1n) is 9.18. The third kappa shape index (κ3) is 4.26. The molecule has 0 radical (unpaired) electrons. The lowest BCUT2D eigenvalue weighted by atomic mass is 10.1. The van der Waals surface area contributed by atoms with Gasteiger partial charge in [-0.1, -0.05) is 36.4 Å². The summed E-state index contributed by atoms with van der Waals surface area (Å²) in [5, 5.41) is 3.25. The van der Waals surface area contributed by atoms with E-state index in [9.17, 15) is 4.79 Å². The summed E-state index contributed by atoms with van der Waals surface area (Å²) < 4.78 is 0. The van der Waals surface area contributed by atoms with Crippen LogP contribution in [0.4, 0.5) is 11.4 Å². The number of benzene rings is 2. The average molecular weight is 349 g/mol. The number of carbonyl (C=O) groups is 1. The molecule has 1 heterocycles. The molecule has 1 N–H and O–H groups in total. The average Bonchev–Trinajstić information content (AvgIpc) is 3.15. The molecule has 136 valence electrons. The maximum atomic E-state index is 12.9. The second kappa shape index (κ2) is 8.56. The van der Waals surface area contributed by atoms with Gasteiger partial charge >= 0.3 is 0 Å². The zero-order valence-electron chi connectivity index (χ0n) is 15.4. The van der Waals surface area contributed by atoms with Gasteiger partial charge in [-0.05, 0) is 36.6 Å². The number of amides is 1. The van der Waals surface area contributed by atoms with Gasteiger partial charge < -0.3 is 15.1 Å². The molecule has 1 aliphatic rings. The molecule has 4 nitrogen and oxygen atoms in total. The molecule has 1 amide bonds. The predicted molar refractivity (Wildman–Crippen MR) is 109 cm³/mol. The minimum atomic E-state index is 0.0651. The van der Waals surface area contributed by atoms with Crippen LogP contribution < -0.4 is 10.2 Å². The standard InChI is InChI=1S/C22H27N3O/c1-3-14-23-21-12-8-7-11-20(21)22(26)24(2)16-18-13-15-25(17-18)19-9-5-4-6-10-19/h3-12,18,23H,1,13-17H2,2H3. The Labute approximate surface area is 156 Å². The van der Waals surface area contributed by atoms with Crippen molar-refractivity contribution in [3.05, 3.63) is 72.8 Å². The number of nitrogens with zero attached hydrogens (tertiary/aromatic N) is 2. The van der Waals surface area contributed by atoms with E-state index >= 15 is 0 Å². The van der Waals surface area contributed by atoms with E-state index in [1.807, 2.05) is 42.3 Å². The predicted octanol–water partition coefficient (Wildman–Crippen LogP) is 3.88. The molecule has 1 unspecified atom stereocenters. The first-order valence-corrected chi connectivity index (χ1v) is 9.18. The van der Waals surface area contributed by atoms with Gasteiger partial charge in [0.1, 0.15) is 0 Å². The smallest absolute Gasteiger partial charge is 0.255 e. The van der Waals surface area contributed by atoms with Crippen molar-refractivity contribution in [2.24, 2.45) is 5.92 Å². The minimum Gasteiger partial charge on any atom is -0.381 e. The van der Waals surface area contributed by atoms with Crippen LogP contribution in [0.15, 0.2) is 67.3 Å². The van der Waals surface area contributed by atoms with Gasteiger partial charge in [0, 0.05) is 44.6 Å². The highest BCUT2D eigenvalue weighted by Gasteiger charge is 2.26. The zero-order valence-corrected chi connectivity index (χ0v) is 15.4. The van der Waals surface area contributed by atoms with Crippen LogP contribution in [0.5, 0.6) is 0 Å². The van der Waals surface area contributed by atoms with E-state index in [4.69, 9.17) is 0 Å². The van der Waals surface area contributed by atoms with Gasteiger partial charge in [0.05, 0.1) is 5.56 Å². The van der Waals surface area contributed by atoms with E-state index in [1.165, 1.54) is 5.69 Å². The first-order chi connectivity index (χ1) is 12.7. The van der Waals surface area contributed by atoms with Crippen molar-refractivity contribution in [1.82, 2.24) is 4.90 Å². The summed E-state index contributed by atoms with van der Waals surface area (Å²) in [5.41, 5.74) is 2.85. The normalized spacial score (nSPS) is 16.3. The molecule has 2 aromatic rings. The summed E-state index contributed by atoms with van der Waals surface area (Å²) in [4.78, 5) is 17.2. The van der Waals surface area contributed by atoms with Crippen molar-refractivity contribution in [3.63, 3.8) is 0 Å². The van der Waals surface area contributed by atoms with Crippen molar-refractivity contribution < 1.29 is 4.79 Å².